The van der Waals surface area contributed by atoms with E-state index in [4.69, 9.17) is 26.2 Å². The van der Waals surface area contributed by atoms with Crippen molar-refractivity contribution in [3.8, 4) is 11.5 Å². The number of rotatable bonds is 8. The SMILES string of the molecule is COc1ccc2[nH]cc(CCC(=O)N3Cc4ccccc4C3c3cc(Cl)ccc3OCC(=O)O)c2c1. The quantitative estimate of drug-likeness (QED) is 0.337. The summed E-state index contributed by atoms with van der Waals surface area (Å²) in [5.41, 5.74) is 4.71. The highest BCUT2D eigenvalue weighted by Crippen LogP contribution is 2.43. The molecule has 1 aromatic heterocycles. The van der Waals surface area contributed by atoms with Crippen molar-refractivity contribution < 1.29 is 24.2 Å². The van der Waals surface area contributed by atoms with Crippen molar-refractivity contribution in [1.82, 2.24) is 9.88 Å². The van der Waals surface area contributed by atoms with E-state index < -0.39 is 18.6 Å². The minimum Gasteiger partial charge on any atom is -0.497 e. The Morgan fingerprint density at radius 3 is 2.75 bits per heavy atom. The van der Waals surface area contributed by atoms with Crippen LogP contribution in [0.1, 0.15) is 34.7 Å². The number of hydrogen-bond acceptors (Lipinski definition) is 4. The van der Waals surface area contributed by atoms with Crippen molar-refractivity contribution in [2.24, 2.45) is 0 Å². The molecule has 3 aromatic carbocycles. The summed E-state index contributed by atoms with van der Waals surface area (Å²) >= 11 is 6.33. The number of carboxylic acids is 1. The smallest absolute Gasteiger partial charge is 0.341 e. The first-order valence-electron chi connectivity index (χ1n) is 11.6. The number of carboxylic acid groups (broad SMARTS) is 1. The third kappa shape index (κ3) is 4.62. The molecule has 0 aliphatic carbocycles. The Morgan fingerprint density at radius 2 is 1.94 bits per heavy atom. The van der Waals surface area contributed by atoms with Crippen molar-refractivity contribution in [3.05, 3.63) is 94.1 Å². The molecular formula is C28H25ClN2O5. The van der Waals surface area contributed by atoms with Gasteiger partial charge in [0.1, 0.15) is 11.5 Å². The number of H-pyrrole nitrogens is 1. The van der Waals surface area contributed by atoms with E-state index in [0.717, 1.165) is 33.3 Å². The Kier molecular flexibility index (Phi) is 6.57. The summed E-state index contributed by atoms with van der Waals surface area (Å²) < 4.78 is 10.9. The number of aromatic nitrogens is 1. The molecule has 0 radical (unpaired) electrons. The van der Waals surface area contributed by atoms with E-state index in [1.54, 1.807) is 25.3 Å². The molecule has 1 amide bonds. The third-order valence-corrected chi connectivity index (χ3v) is 6.76. The van der Waals surface area contributed by atoms with Crippen molar-refractivity contribution in [1.29, 1.82) is 0 Å². The van der Waals surface area contributed by atoms with E-state index in [0.29, 0.717) is 35.7 Å². The molecule has 5 rings (SSSR count). The van der Waals surface area contributed by atoms with Gasteiger partial charge in [0.2, 0.25) is 5.91 Å². The third-order valence-electron chi connectivity index (χ3n) is 6.52. The minimum atomic E-state index is -1.08. The van der Waals surface area contributed by atoms with E-state index in [2.05, 4.69) is 4.98 Å². The first kappa shape index (κ1) is 23.8. The number of aryl methyl sites for hydroxylation is 1. The number of nitrogens with one attached hydrogen (secondary N) is 1. The molecule has 2 N–H and O–H groups in total. The molecule has 184 valence electrons. The molecule has 0 saturated carbocycles. The Balaban J connectivity index is 1.44. The van der Waals surface area contributed by atoms with Crippen LogP contribution in [0.25, 0.3) is 10.9 Å². The lowest BCUT2D eigenvalue weighted by atomic mass is 9.97. The van der Waals surface area contributed by atoms with Crippen molar-refractivity contribution >= 4 is 34.4 Å². The van der Waals surface area contributed by atoms with E-state index in [1.807, 2.05) is 53.6 Å². The molecule has 1 aliphatic heterocycles. The Labute approximate surface area is 213 Å². The summed E-state index contributed by atoms with van der Waals surface area (Å²) in [7, 11) is 1.63. The van der Waals surface area contributed by atoms with Gasteiger partial charge in [0.05, 0.1) is 13.2 Å². The van der Waals surface area contributed by atoms with Crippen LogP contribution in [0.3, 0.4) is 0 Å². The van der Waals surface area contributed by atoms with E-state index in [9.17, 15) is 9.59 Å². The minimum absolute atomic E-state index is 0.0161. The van der Waals surface area contributed by atoms with Gasteiger partial charge >= 0.3 is 5.97 Å². The Morgan fingerprint density at radius 1 is 1.11 bits per heavy atom. The van der Waals surface area contributed by atoms with Gasteiger partial charge in [0.25, 0.3) is 0 Å². The summed E-state index contributed by atoms with van der Waals surface area (Å²) in [5.74, 6) is 0.0632. The van der Waals surface area contributed by atoms with Gasteiger partial charge in [-0.05, 0) is 59.5 Å². The molecule has 8 heteroatoms. The summed E-state index contributed by atoms with van der Waals surface area (Å²) in [5, 5.41) is 10.6. The lowest BCUT2D eigenvalue weighted by Gasteiger charge is -2.27. The molecular weight excluding hydrogens is 480 g/mol. The van der Waals surface area contributed by atoms with Gasteiger partial charge in [0, 0.05) is 40.7 Å². The van der Waals surface area contributed by atoms with Crippen LogP contribution in [0.4, 0.5) is 0 Å². The summed E-state index contributed by atoms with van der Waals surface area (Å²) in [6.45, 7) is -0.0345. The zero-order valence-corrected chi connectivity index (χ0v) is 20.4. The molecule has 2 heterocycles. The molecule has 0 spiro atoms. The molecule has 7 nitrogen and oxygen atoms in total. The predicted octanol–water partition coefficient (Wildman–Crippen LogP) is 5.36. The highest BCUT2D eigenvalue weighted by Gasteiger charge is 2.36. The number of benzene rings is 3. The van der Waals surface area contributed by atoms with Gasteiger partial charge in [-0.1, -0.05) is 35.9 Å². The molecule has 0 bridgehead atoms. The zero-order valence-electron chi connectivity index (χ0n) is 19.7. The number of carbonyl (C=O) groups is 2. The summed E-state index contributed by atoms with van der Waals surface area (Å²) in [6.07, 6.45) is 2.80. The number of halogens is 1. The van der Waals surface area contributed by atoms with Crippen LogP contribution < -0.4 is 9.47 Å². The van der Waals surface area contributed by atoms with Crippen LogP contribution in [0.5, 0.6) is 11.5 Å². The number of hydrogen-bond donors (Lipinski definition) is 2. The van der Waals surface area contributed by atoms with Gasteiger partial charge in [0.15, 0.2) is 6.61 Å². The van der Waals surface area contributed by atoms with Crippen molar-refractivity contribution in [2.75, 3.05) is 13.7 Å². The number of ether oxygens (including phenoxy) is 2. The zero-order chi connectivity index (χ0) is 25.2. The second kappa shape index (κ2) is 9.95. The fourth-order valence-corrected chi connectivity index (χ4v) is 5.02. The molecule has 36 heavy (non-hydrogen) atoms. The Hall–Kier alpha value is -3.97. The van der Waals surface area contributed by atoms with Crippen molar-refractivity contribution in [2.45, 2.75) is 25.4 Å². The molecule has 1 aliphatic rings. The topological polar surface area (TPSA) is 91.9 Å². The van der Waals surface area contributed by atoms with Gasteiger partial charge in [-0.3, -0.25) is 4.79 Å². The molecule has 4 aromatic rings. The number of nitrogens with zero attached hydrogens (tertiary/aromatic N) is 1. The molecule has 0 saturated heterocycles. The molecule has 1 atom stereocenters. The van der Waals surface area contributed by atoms with E-state index >= 15 is 0 Å². The van der Waals surface area contributed by atoms with Crippen LogP contribution in [0, 0.1) is 0 Å². The van der Waals surface area contributed by atoms with E-state index in [1.165, 1.54) is 0 Å². The number of methoxy groups -OCH3 is 1. The van der Waals surface area contributed by atoms with Crippen LogP contribution in [0.2, 0.25) is 5.02 Å². The maximum Gasteiger partial charge on any atom is 0.341 e. The number of aromatic amines is 1. The first-order chi connectivity index (χ1) is 17.4. The largest absolute Gasteiger partial charge is 0.497 e. The first-order valence-corrected chi connectivity index (χ1v) is 12.0. The van der Waals surface area contributed by atoms with Crippen molar-refractivity contribution in [3.63, 3.8) is 0 Å². The van der Waals surface area contributed by atoms with Gasteiger partial charge in [-0.25, -0.2) is 4.79 Å². The lowest BCUT2D eigenvalue weighted by Crippen LogP contribution is -2.30. The Bertz CT molecular complexity index is 1450. The van der Waals surface area contributed by atoms with Crippen LogP contribution in [0.15, 0.2) is 66.9 Å². The second-order valence-electron chi connectivity index (χ2n) is 8.71. The monoisotopic (exact) mass is 504 g/mol. The predicted molar refractivity (Wildman–Crippen MR) is 137 cm³/mol. The molecule has 0 fully saturated rings. The average molecular weight is 505 g/mol. The standard InChI is InChI=1S/C28H25ClN2O5/c1-35-20-8-9-24-22(13-20)17(14-30-24)6-11-26(32)31-15-18-4-2-3-5-21(18)28(31)23-12-19(29)7-10-25(23)36-16-27(33)34/h2-5,7-10,12-14,28,30H,6,11,15-16H2,1H3,(H,33,34). The highest BCUT2D eigenvalue weighted by atomic mass is 35.5. The summed E-state index contributed by atoms with van der Waals surface area (Å²) in [4.78, 5) is 29.9. The fourth-order valence-electron chi connectivity index (χ4n) is 4.84. The number of amides is 1. The maximum absolute atomic E-state index is 13.6. The lowest BCUT2D eigenvalue weighted by molar-refractivity contribution is -0.139. The second-order valence-corrected chi connectivity index (χ2v) is 9.15. The summed E-state index contributed by atoms with van der Waals surface area (Å²) in [6, 6.07) is 18.3. The number of aliphatic carboxylic acids is 1. The van der Waals surface area contributed by atoms with Gasteiger partial charge in [-0.15, -0.1) is 0 Å². The highest BCUT2D eigenvalue weighted by molar-refractivity contribution is 6.30. The maximum atomic E-state index is 13.6. The fraction of sp³-hybridized carbons (Fsp3) is 0.214. The average Bonchev–Trinajstić information content (AvgIpc) is 3.47. The molecule has 1 unspecified atom stereocenters. The van der Waals surface area contributed by atoms with Gasteiger partial charge in [-0.2, -0.15) is 0 Å². The number of fused-ring (bicyclic) bond motifs is 2. The van der Waals surface area contributed by atoms with Crippen LogP contribution in [-0.2, 0) is 22.6 Å². The normalized spacial score (nSPS) is 14.6. The van der Waals surface area contributed by atoms with E-state index in [-0.39, 0.29) is 5.91 Å². The number of carbonyl (C=O) groups excluding carboxylic acids is 1. The van der Waals surface area contributed by atoms with Crippen LogP contribution >= 0.6 is 11.6 Å². The van der Waals surface area contributed by atoms with Crippen LogP contribution in [-0.4, -0.2) is 40.6 Å². The van der Waals surface area contributed by atoms with Gasteiger partial charge < -0.3 is 24.5 Å².